The maximum Gasteiger partial charge on any atom is 0.278 e. The molecule has 2 aromatic carbocycles. The van der Waals surface area contributed by atoms with Crippen molar-refractivity contribution in [3.05, 3.63) is 87.9 Å². The summed E-state index contributed by atoms with van der Waals surface area (Å²) in [4.78, 5) is 22.5. The molecule has 0 bridgehead atoms. The lowest BCUT2D eigenvalue weighted by atomic mass is 9.83. The smallest absolute Gasteiger partial charge is 0.278 e. The zero-order valence-corrected chi connectivity index (χ0v) is 20.8. The van der Waals surface area contributed by atoms with Crippen molar-refractivity contribution in [1.82, 2.24) is 24.6 Å². The molecule has 0 radical (unpaired) electrons. The van der Waals surface area contributed by atoms with Crippen LogP contribution in [0, 0.1) is 11.3 Å². The Morgan fingerprint density at radius 3 is 2.83 bits per heavy atom. The van der Waals surface area contributed by atoms with Gasteiger partial charge < -0.3 is 10.6 Å². The molecule has 0 atom stereocenters. The summed E-state index contributed by atoms with van der Waals surface area (Å²) in [6.07, 6.45) is 4.17. The van der Waals surface area contributed by atoms with Gasteiger partial charge in [-0.05, 0) is 53.3 Å². The van der Waals surface area contributed by atoms with Gasteiger partial charge in [-0.2, -0.15) is 10.2 Å². The normalized spacial score (nSPS) is 13.3. The molecule has 2 N–H and O–H groups in total. The van der Waals surface area contributed by atoms with Crippen LogP contribution in [-0.4, -0.2) is 25.9 Å². The van der Waals surface area contributed by atoms with Crippen LogP contribution in [0.5, 0.6) is 0 Å². The molecular weight excluding hydrogens is 450 g/mol. The van der Waals surface area contributed by atoms with E-state index in [-0.39, 0.29) is 17.5 Å². The second kappa shape index (κ2) is 9.10. The van der Waals surface area contributed by atoms with Crippen LogP contribution in [0.15, 0.2) is 60.0 Å². The molecule has 1 aliphatic heterocycles. The third kappa shape index (κ3) is 4.08. The predicted octanol–water partition coefficient (Wildman–Crippen LogP) is 4.33. The average Bonchev–Trinajstić information content (AvgIpc) is 3.13. The summed E-state index contributed by atoms with van der Waals surface area (Å²) in [5.41, 5.74) is 5.44. The minimum atomic E-state index is -0.253. The Labute approximate surface area is 209 Å². The first kappa shape index (κ1) is 23.5. The van der Waals surface area contributed by atoms with Crippen LogP contribution < -0.4 is 16.2 Å². The highest BCUT2D eigenvalue weighted by atomic mass is 16.1. The van der Waals surface area contributed by atoms with Crippen LogP contribution in [0.4, 0.5) is 11.6 Å². The number of allylic oxidation sites excluding steroid dienone is 1. The van der Waals surface area contributed by atoms with Crippen LogP contribution in [0.2, 0.25) is 0 Å². The zero-order valence-electron chi connectivity index (χ0n) is 20.8. The van der Waals surface area contributed by atoms with Crippen LogP contribution >= 0.6 is 0 Å². The molecule has 8 nitrogen and oxygen atoms in total. The van der Waals surface area contributed by atoms with Crippen molar-refractivity contribution in [3.8, 4) is 11.8 Å². The summed E-state index contributed by atoms with van der Waals surface area (Å²) in [6.45, 7) is 12.1. The highest BCUT2D eigenvalue weighted by Gasteiger charge is 2.24. The van der Waals surface area contributed by atoms with E-state index in [2.05, 4.69) is 61.2 Å². The van der Waals surface area contributed by atoms with Crippen molar-refractivity contribution < 1.29 is 0 Å². The molecule has 2 aromatic heterocycles. The summed E-state index contributed by atoms with van der Waals surface area (Å²) < 4.78 is 3.27. The first-order valence-electron chi connectivity index (χ1n) is 12.0. The largest absolute Gasteiger partial charge is 0.324 e. The van der Waals surface area contributed by atoms with E-state index in [1.807, 2.05) is 24.3 Å². The van der Waals surface area contributed by atoms with Crippen molar-refractivity contribution >= 4 is 22.7 Å². The number of anilines is 2. The molecule has 0 saturated heterocycles. The number of hydrogen-bond donors (Lipinski definition) is 2. The Hall–Kier alpha value is -4.22. The van der Waals surface area contributed by atoms with Crippen molar-refractivity contribution in [2.75, 3.05) is 11.9 Å². The number of fused-ring (bicyclic) bond motifs is 2. The van der Waals surface area contributed by atoms with Crippen LogP contribution in [0.1, 0.15) is 43.0 Å². The molecule has 0 unspecified atom stereocenters. The summed E-state index contributed by atoms with van der Waals surface area (Å²) in [7, 11) is 0. The van der Waals surface area contributed by atoms with Gasteiger partial charge in [-0.15, -0.1) is 6.58 Å². The van der Waals surface area contributed by atoms with Crippen LogP contribution in [-0.2, 0) is 24.9 Å². The lowest BCUT2D eigenvalue weighted by Crippen LogP contribution is -2.23. The fraction of sp³-hybridized carbons (Fsp3) is 0.286. The van der Waals surface area contributed by atoms with Gasteiger partial charge in [0, 0.05) is 18.4 Å². The maximum atomic E-state index is 13.3. The molecule has 182 valence electrons. The van der Waals surface area contributed by atoms with E-state index in [4.69, 9.17) is 4.98 Å². The quantitative estimate of drug-likeness (QED) is 0.413. The number of aromatic nitrogens is 4. The Balaban J connectivity index is 1.68. The van der Waals surface area contributed by atoms with Gasteiger partial charge in [-0.1, -0.05) is 45.0 Å². The molecule has 3 heterocycles. The van der Waals surface area contributed by atoms with E-state index in [1.165, 1.54) is 11.1 Å². The fourth-order valence-electron chi connectivity index (χ4n) is 4.76. The standard InChI is InChI=1S/C28H29N7O/c1-5-13-34-26(36)22-17-31-27(32-20-10-9-19-16-30-12-11-18(19)14-20)33-25(22)35(34)24-8-6-7-23(21(24)15-29)28(2,3)4/h5-10,14,17,30H,1,11-13,16H2,2-4H3,(H,31,32,33). The van der Waals surface area contributed by atoms with Gasteiger partial charge in [0.05, 0.1) is 17.8 Å². The lowest BCUT2D eigenvalue weighted by molar-refractivity contribution is 0.580. The lowest BCUT2D eigenvalue weighted by Gasteiger charge is -2.23. The van der Waals surface area contributed by atoms with E-state index in [1.54, 1.807) is 21.6 Å². The summed E-state index contributed by atoms with van der Waals surface area (Å²) in [5.74, 6) is 0.381. The highest BCUT2D eigenvalue weighted by molar-refractivity contribution is 5.78. The van der Waals surface area contributed by atoms with Gasteiger partial charge in [-0.3, -0.25) is 4.79 Å². The van der Waals surface area contributed by atoms with Gasteiger partial charge in [0.25, 0.3) is 5.56 Å². The molecule has 36 heavy (non-hydrogen) atoms. The summed E-state index contributed by atoms with van der Waals surface area (Å²) in [6, 6.07) is 14.3. The number of rotatable bonds is 5. The zero-order chi connectivity index (χ0) is 25.4. The Kier molecular flexibility index (Phi) is 5.94. The van der Waals surface area contributed by atoms with Crippen molar-refractivity contribution in [3.63, 3.8) is 0 Å². The van der Waals surface area contributed by atoms with E-state index in [0.29, 0.717) is 28.2 Å². The predicted molar refractivity (Wildman–Crippen MR) is 142 cm³/mol. The molecule has 8 heteroatoms. The monoisotopic (exact) mass is 479 g/mol. The van der Waals surface area contributed by atoms with Crippen molar-refractivity contribution in [2.45, 2.75) is 45.7 Å². The molecule has 1 aliphatic rings. The summed E-state index contributed by atoms with van der Waals surface area (Å²) >= 11 is 0. The summed E-state index contributed by atoms with van der Waals surface area (Å²) in [5, 5.41) is 17.2. The van der Waals surface area contributed by atoms with Crippen LogP contribution in [0.25, 0.3) is 16.7 Å². The third-order valence-electron chi connectivity index (χ3n) is 6.52. The molecule has 0 fully saturated rings. The molecule has 0 spiro atoms. The molecular formula is C28H29N7O. The number of benzene rings is 2. The number of nitriles is 1. The maximum absolute atomic E-state index is 13.3. The first-order valence-corrected chi connectivity index (χ1v) is 12.0. The Bertz CT molecular complexity index is 1580. The molecule has 5 rings (SSSR count). The number of hydrogen-bond acceptors (Lipinski definition) is 6. The van der Waals surface area contributed by atoms with Crippen molar-refractivity contribution in [1.29, 1.82) is 5.26 Å². The van der Waals surface area contributed by atoms with Crippen LogP contribution in [0.3, 0.4) is 0 Å². The minimum absolute atomic E-state index is 0.234. The number of nitrogens with zero attached hydrogens (tertiary/aromatic N) is 5. The minimum Gasteiger partial charge on any atom is -0.324 e. The van der Waals surface area contributed by atoms with E-state index in [9.17, 15) is 10.1 Å². The van der Waals surface area contributed by atoms with Gasteiger partial charge in [-0.25, -0.2) is 14.3 Å². The SMILES string of the molecule is C=CCn1c(=O)c2cnc(Nc3ccc4c(c3)CCNC4)nc2n1-c1cccc(C(C)(C)C)c1C#N. The molecule has 0 aliphatic carbocycles. The Morgan fingerprint density at radius 1 is 1.25 bits per heavy atom. The van der Waals surface area contributed by atoms with E-state index in [0.717, 1.165) is 30.8 Å². The molecule has 4 aromatic rings. The highest BCUT2D eigenvalue weighted by Crippen LogP contribution is 2.30. The van der Waals surface area contributed by atoms with Gasteiger partial charge >= 0.3 is 0 Å². The van der Waals surface area contributed by atoms with E-state index < -0.39 is 0 Å². The van der Waals surface area contributed by atoms with Gasteiger partial charge in [0.15, 0.2) is 5.65 Å². The Morgan fingerprint density at radius 2 is 2.08 bits per heavy atom. The average molecular weight is 480 g/mol. The topological polar surface area (TPSA) is 101 Å². The fourth-order valence-corrected chi connectivity index (χ4v) is 4.76. The number of nitrogens with one attached hydrogen (secondary N) is 2. The molecule has 0 amide bonds. The third-order valence-corrected chi connectivity index (χ3v) is 6.52. The van der Waals surface area contributed by atoms with Crippen molar-refractivity contribution in [2.24, 2.45) is 0 Å². The van der Waals surface area contributed by atoms with Gasteiger partial charge in [0.2, 0.25) is 5.95 Å². The first-order chi connectivity index (χ1) is 17.3. The second-order valence-electron chi connectivity index (χ2n) is 10.0. The van der Waals surface area contributed by atoms with Gasteiger partial charge in [0.1, 0.15) is 11.5 Å². The van der Waals surface area contributed by atoms with E-state index >= 15 is 0 Å². The second-order valence-corrected chi connectivity index (χ2v) is 10.0. The molecule has 0 saturated carbocycles.